The Bertz CT molecular complexity index is 387. The van der Waals surface area contributed by atoms with Gasteiger partial charge in [-0.05, 0) is 68.2 Å². The van der Waals surface area contributed by atoms with Crippen molar-refractivity contribution in [3.8, 4) is 0 Å². The van der Waals surface area contributed by atoms with Gasteiger partial charge in [-0.3, -0.25) is 9.98 Å². The van der Waals surface area contributed by atoms with Gasteiger partial charge in [0.2, 0.25) is 0 Å². The van der Waals surface area contributed by atoms with E-state index in [-0.39, 0.29) is 0 Å². The van der Waals surface area contributed by atoms with Crippen LogP contribution in [-0.4, -0.2) is 49.2 Å². The summed E-state index contributed by atoms with van der Waals surface area (Å²) in [6, 6.07) is 1.43. The number of guanidine groups is 2. The molecule has 0 aliphatic heterocycles. The molecule has 28 heavy (non-hydrogen) atoms. The maximum Gasteiger partial charge on any atom is 0.191 e. The summed E-state index contributed by atoms with van der Waals surface area (Å²) in [5.74, 6) is 1.87. The van der Waals surface area contributed by atoms with E-state index in [9.17, 15) is 0 Å². The van der Waals surface area contributed by atoms with Gasteiger partial charge < -0.3 is 21.3 Å². The number of rotatable bonds is 13. The third-order valence-corrected chi connectivity index (χ3v) is 3.81. The highest BCUT2D eigenvalue weighted by Gasteiger charge is 2.03. The van der Waals surface area contributed by atoms with Crippen molar-refractivity contribution in [1.82, 2.24) is 21.3 Å². The van der Waals surface area contributed by atoms with Crippen LogP contribution in [0, 0.1) is 0 Å². The lowest BCUT2D eigenvalue weighted by molar-refractivity contribution is 0.577. The molecular formula is C22H48N6. The van der Waals surface area contributed by atoms with E-state index in [0.29, 0.717) is 24.2 Å². The van der Waals surface area contributed by atoms with Gasteiger partial charge in [0, 0.05) is 37.3 Å². The summed E-state index contributed by atoms with van der Waals surface area (Å²) in [4.78, 5) is 9.21. The summed E-state index contributed by atoms with van der Waals surface area (Å²) < 4.78 is 0. The van der Waals surface area contributed by atoms with E-state index in [1.54, 1.807) is 0 Å². The zero-order valence-electron chi connectivity index (χ0n) is 19.9. The SMILES string of the molecule is CC(C)N=C(NCCCCCCCCNC(=NC(C)C)NC(C)C)NC(C)C. The summed E-state index contributed by atoms with van der Waals surface area (Å²) in [6.45, 7) is 19.0. The highest BCUT2D eigenvalue weighted by atomic mass is 15.2. The molecule has 166 valence electrons. The van der Waals surface area contributed by atoms with Crippen LogP contribution in [0.25, 0.3) is 0 Å². The minimum Gasteiger partial charge on any atom is -0.356 e. The first-order chi connectivity index (χ1) is 13.2. The van der Waals surface area contributed by atoms with Gasteiger partial charge in [0.1, 0.15) is 0 Å². The summed E-state index contributed by atoms with van der Waals surface area (Å²) in [6.07, 6.45) is 7.52. The fraction of sp³-hybridized carbons (Fsp3) is 0.909. The van der Waals surface area contributed by atoms with Crippen molar-refractivity contribution in [2.45, 2.75) is 118 Å². The molecule has 0 aliphatic rings. The van der Waals surface area contributed by atoms with Crippen molar-refractivity contribution in [1.29, 1.82) is 0 Å². The van der Waals surface area contributed by atoms with Crippen molar-refractivity contribution in [2.75, 3.05) is 13.1 Å². The number of hydrogen-bond acceptors (Lipinski definition) is 2. The molecule has 0 aromatic carbocycles. The lowest BCUT2D eigenvalue weighted by Gasteiger charge is -2.16. The molecule has 0 aliphatic carbocycles. The Kier molecular flexibility index (Phi) is 15.6. The molecule has 0 unspecified atom stereocenters. The normalized spacial score (nSPS) is 13.0. The van der Waals surface area contributed by atoms with E-state index in [1.165, 1.54) is 38.5 Å². The fourth-order valence-electron chi connectivity index (χ4n) is 2.70. The first-order valence-electron chi connectivity index (χ1n) is 11.4. The zero-order valence-corrected chi connectivity index (χ0v) is 19.9. The molecule has 0 aromatic rings. The average Bonchev–Trinajstić information content (AvgIpc) is 2.54. The molecule has 0 rings (SSSR count). The van der Waals surface area contributed by atoms with Crippen molar-refractivity contribution >= 4 is 11.9 Å². The van der Waals surface area contributed by atoms with E-state index in [0.717, 1.165) is 25.0 Å². The fourth-order valence-corrected chi connectivity index (χ4v) is 2.70. The molecule has 0 radical (unpaired) electrons. The lowest BCUT2D eigenvalue weighted by atomic mass is 10.1. The highest BCUT2D eigenvalue weighted by molar-refractivity contribution is 5.80. The van der Waals surface area contributed by atoms with Crippen LogP contribution in [-0.2, 0) is 0 Å². The van der Waals surface area contributed by atoms with Gasteiger partial charge in [0.25, 0.3) is 0 Å². The van der Waals surface area contributed by atoms with Crippen molar-refractivity contribution in [2.24, 2.45) is 9.98 Å². The van der Waals surface area contributed by atoms with Crippen LogP contribution in [0.2, 0.25) is 0 Å². The van der Waals surface area contributed by atoms with Crippen molar-refractivity contribution in [3.63, 3.8) is 0 Å². The Morgan fingerprint density at radius 3 is 1.14 bits per heavy atom. The maximum absolute atomic E-state index is 4.61. The van der Waals surface area contributed by atoms with Gasteiger partial charge in [0.15, 0.2) is 11.9 Å². The zero-order chi connectivity index (χ0) is 21.4. The van der Waals surface area contributed by atoms with E-state index in [1.807, 2.05) is 0 Å². The van der Waals surface area contributed by atoms with Gasteiger partial charge in [-0.1, -0.05) is 25.7 Å². The largest absolute Gasteiger partial charge is 0.356 e. The van der Waals surface area contributed by atoms with Crippen LogP contribution in [0.4, 0.5) is 0 Å². The molecular weight excluding hydrogens is 348 g/mol. The molecule has 0 aromatic heterocycles. The first kappa shape index (κ1) is 26.5. The second kappa shape index (κ2) is 16.5. The molecule has 0 atom stereocenters. The molecule has 0 spiro atoms. The summed E-state index contributed by atoms with van der Waals surface area (Å²) in [5, 5.41) is 13.7. The Hall–Kier alpha value is -1.46. The van der Waals surface area contributed by atoms with Crippen LogP contribution in [0.3, 0.4) is 0 Å². The lowest BCUT2D eigenvalue weighted by Crippen LogP contribution is -2.42. The molecule has 0 fully saturated rings. The summed E-state index contributed by atoms with van der Waals surface area (Å²) in [7, 11) is 0. The number of unbranched alkanes of at least 4 members (excludes halogenated alkanes) is 5. The third kappa shape index (κ3) is 17.9. The van der Waals surface area contributed by atoms with E-state index >= 15 is 0 Å². The molecule has 6 heteroatoms. The van der Waals surface area contributed by atoms with Crippen LogP contribution in [0.1, 0.15) is 93.9 Å². The van der Waals surface area contributed by atoms with Crippen LogP contribution < -0.4 is 21.3 Å². The Morgan fingerprint density at radius 2 is 0.857 bits per heavy atom. The average molecular weight is 397 g/mol. The summed E-state index contributed by atoms with van der Waals surface area (Å²) in [5.41, 5.74) is 0. The Morgan fingerprint density at radius 1 is 0.536 bits per heavy atom. The summed E-state index contributed by atoms with van der Waals surface area (Å²) >= 11 is 0. The van der Waals surface area contributed by atoms with Gasteiger partial charge in [-0.15, -0.1) is 0 Å². The van der Waals surface area contributed by atoms with Crippen molar-refractivity contribution in [3.05, 3.63) is 0 Å². The first-order valence-corrected chi connectivity index (χ1v) is 11.4. The second-order valence-corrected chi connectivity index (χ2v) is 8.72. The minimum atomic E-state index is 0.309. The van der Waals surface area contributed by atoms with Gasteiger partial charge in [0.05, 0.1) is 0 Å². The van der Waals surface area contributed by atoms with Gasteiger partial charge in [-0.25, -0.2) is 0 Å². The molecule has 4 N–H and O–H groups in total. The molecule has 0 heterocycles. The van der Waals surface area contributed by atoms with Crippen molar-refractivity contribution < 1.29 is 0 Å². The monoisotopic (exact) mass is 396 g/mol. The topological polar surface area (TPSA) is 72.8 Å². The predicted molar refractivity (Wildman–Crippen MR) is 125 cm³/mol. The van der Waals surface area contributed by atoms with Gasteiger partial charge in [-0.2, -0.15) is 0 Å². The van der Waals surface area contributed by atoms with Crippen LogP contribution in [0.15, 0.2) is 9.98 Å². The van der Waals surface area contributed by atoms with Crippen LogP contribution >= 0.6 is 0 Å². The predicted octanol–water partition coefficient (Wildman–Crippen LogP) is 4.03. The quantitative estimate of drug-likeness (QED) is 0.215. The molecule has 0 saturated carbocycles. The standard InChI is InChI=1S/C22H48N6/c1-17(2)25-21(26-18(3)4)23-15-13-11-9-10-12-14-16-24-22(27-19(5)6)28-20(7)8/h17-20H,9-16H2,1-8H3,(H2,23,25,26)(H2,24,27,28). The van der Waals surface area contributed by atoms with E-state index in [4.69, 9.17) is 0 Å². The Labute approximate surface area is 174 Å². The van der Waals surface area contributed by atoms with Crippen LogP contribution in [0.5, 0.6) is 0 Å². The number of nitrogens with zero attached hydrogens (tertiary/aromatic N) is 2. The number of hydrogen-bond donors (Lipinski definition) is 4. The molecule has 0 amide bonds. The van der Waals surface area contributed by atoms with E-state index < -0.39 is 0 Å². The molecule has 6 nitrogen and oxygen atoms in total. The third-order valence-electron chi connectivity index (χ3n) is 3.81. The highest BCUT2D eigenvalue weighted by Crippen LogP contribution is 2.04. The van der Waals surface area contributed by atoms with Gasteiger partial charge >= 0.3 is 0 Å². The maximum atomic E-state index is 4.61. The Balaban J connectivity index is 3.78. The smallest absolute Gasteiger partial charge is 0.191 e. The number of nitrogens with one attached hydrogen (secondary N) is 4. The molecule has 0 bridgehead atoms. The second-order valence-electron chi connectivity index (χ2n) is 8.72. The number of aliphatic imine (C=N–C) groups is 2. The minimum absolute atomic E-state index is 0.309. The van der Waals surface area contributed by atoms with E-state index in [2.05, 4.69) is 86.6 Å². The molecule has 0 saturated heterocycles.